The molecule has 0 spiro atoms. The predicted molar refractivity (Wildman–Crippen MR) is 101 cm³/mol. The fourth-order valence-corrected chi connectivity index (χ4v) is 3.65. The van der Waals surface area contributed by atoms with Crippen molar-refractivity contribution < 1.29 is 9.47 Å². The van der Waals surface area contributed by atoms with Gasteiger partial charge in [-0.1, -0.05) is 35.1 Å². The van der Waals surface area contributed by atoms with E-state index in [1.165, 1.54) is 11.3 Å². The van der Waals surface area contributed by atoms with Gasteiger partial charge in [-0.2, -0.15) is 9.61 Å². The second kappa shape index (κ2) is 6.93. The summed E-state index contributed by atoms with van der Waals surface area (Å²) < 4.78 is 12.4. The summed E-state index contributed by atoms with van der Waals surface area (Å²) in [6, 6.07) is 13.4. The van der Waals surface area contributed by atoms with Crippen molar-refractivity contribution in [1.82, 2.24) is 19.8 Å². The first-order chi connectivity index (χ1) is 12.7. The molecule has 132 valence electrons. The Labute approximate surface area is 159 Å². The number of rotatable bonds is 5. The molecule has 2 heterocycles. The van der Waals surface area contributed by atoms with Gasteiger partial charge >= 0.3 is 0 Å². The van der Waals surface area contributed by atoms with E-state index >= 15 is 0 Å². The standard InChI is InChI=1S/C18H15ClN4O2S/c1-24-14-8-5-12(10-15(14)25-2)17-20-21-18-23(17)22-16(26-18)9-11-3-6-13(19)7-4-11/h3-8,10H,9H2,1-2H3. The van der Waals surface area contributed by atoms with Crippen molar-refractivity contribution in [2.75, 3.05) is 14.2 Å². The van der Waals surface area contributed by atoms with E-state index < -0.39 is 0 Å². The third kappa shape index (κ3) is 3.11. The number of ether oxygens (including phenoxy) is 2. The Hall–Kier alpha value is -2.64. The maximum atomic E-state index is 5.94. The fraction of sp³-hybridized carbons (Fsp3) is 0.167. The minimum absolute atomic E-state index is 0.637. The van der Waals surface area contributed by atoms with Crippen LogP contribution >= 0.6 is 22.9 Å². The lowest BCUT2D eigenvalue weighted by Gasteiger charge is -2.08. The lowest BCUT2D eigenvalue weighted by Crippen LogP contribution is -1.95. The average molecular weight is 387 g/mol. The Balaban J connectivity index is 1.69. The first-order valence-electron chi connectivity index (χ1n) is 7.86. The lowest BCUT2D eigenvalue weighted by atomic mass is 10.2. The van der Waals surface area contributed by atoms with Crippen LogP contribution in [0.1, 0.15) is 10.6 Å². The van der Waals surface area contributed by atoms with Gasteiger partial charge in [0.25, 0.3) is 0 Å². The van der Waals surface area contributed by atoms with Crippen molar-refractivity contribution in [3.8, 4) is 22.9 Å². The predicted octanol–water partition coefficient (Wildman–Crippen LogP) is 4.11. The Morgan fingerprint density at radius 3 is 2.50 bits per heavy atom. The van der Waals surface area contributed by atoms with Crippen LogP contribution in [0.25, 0.3) is 16.3 Å². The molecule has 4 rings (SSSR count). The Morgan fingerprint density at radius 1 is 1.00 bits per heavy atom. The van der Waals surface area contributed by atoms with E-state index in [1.807, 2.05) is 42.5 Å². The third-order valence-electron chi connectivity index (χ3n) is 3.94. The molecule has 26 heavy (non-hydrogen) atoms. The summed E-state index contributed by atoms with van der Waals surface area (Å²) in [6.45, 7) is 0. The number of halogens is 1. The molecule has 0 radical (unpaired) electrons. The molecule has 0 unspecified atom stereocenters. The number of aromatic nitrogens is 4. The first kappa shape index (κ1) is 16.8. The maximum absolute atomic E-state index is 5.94. The molecule has 2 aromatic carbocycles. The van der Waals surface area contributed by atoms with Gasteiger partial charge in [0.1, 0.15) is 5.01 Å². The summed E-state index contributed by atoms with van der Waals surface area (Å²) in [6.07, 6.45) is 0.719. The summed E-state index contributed by atoms with van der Waals surface area (Å²) in [4.78, 5) is 0.749. The van der Waals surface area contributed by atoms with Gasteiger partial charge in [0.05, 0.1) is 14.2 Å². The summed E-state index contributed by atoms with van der Waals surface area (Å²) >= 11 is 7.46. The van der Waals surface area contributed by atoms with E-state index in [1.54, 1.807) is 18.7 Å². The highest BCUT2D eigenvalue weighted by atomic mass is 35.5. The molecule has 0 aliphatic heterocycles. The van der Waals surface area contributed by atoms with E-state index in [0.29, 0.717) is 17.3 Å². The van der Waals surface area contributed by atoms with E-state index in [-0.39, 0.29) is 0 Å². The number of benzene rings is 2. The molecule has 4 aromatic rings. The monoisotopic (exact) mass is 386 g/mol. The molecule has 0 N–H and O–H groups in total. The molecule has 0 amide bonds. The highest BCUT2D eigenvalue weighted by molar-refractivity contribution is 7.16. The molecule has 0 saturated heterocycles. The second-order valence-corrected chi connectivity index (χ2v) is 7.06. The van der Waals surface area contributed by atoms with Crippen LogP contribution in [0.2, 0.25) is 5.02 Å². The fourth-order valence-electron chi connectivity index (χ4n) is 2.66. The third-order valence-corrected chi connectivity index (χ3v) is 5.09. The normalized spacial score (nSPS) is 11.0. The van der Waals surface area contributed by atoms with Crippen LogP contribution < -0.4 is 9.47 Å². The highest BCUT2D eigenvalue weighted by Gasteiger charge is 2.15. The lowest BCUT2D eigenvalue weighted by molar-refractivity contribution is 0.355. The molecule has 0 saturated carbocycles. The minimum atomic E-state index is 0.637. The number of nitrogens with zero attached hydrogens (tertiary/aromatic N) is 4. The minimum Gasteiger partial charge on any atom is -0.493 e. The van der Waals surface area contributed by atoms with Crippen molar-refractivity contribution in [2.45, 2.75) is 6.42 Å². The van der Waals surface area contributed by atoms with E-state index in [9.17, 15) is 0 Å². The molecule has 6 nitrogen and oxygen atoms in total. The Kier molecular flexibility index (Phi) is 4.48. The maximum Gasteiger partial charge on any atom is 0.234 e. The number of hydrogen-bond donors (Lipinski definition) is 0. The topological polar surface area (TPSA) is 61.5 Å². The zero-order valence-electron chi connectivity index (χ0n) is 14.1. The average Bonchev–Trinajstić information content (AvgIpc) is 3.23. The van der Waals surface area contributed by atoms with Gasteiger partial charge in [-0.05, 0) is 35.9 Å². The Morgan fingerprint density at radius 2 is 1.77 bits per heavy atom. The summed E-state index contributed by atoms with van der Waals surface area (Å²) in [5, 5.41) is 14.9. The summed E-state index contributed by atoms with van der Waals surface area (Å²) in [5.41, 5.74) is 2.01. The van der Waals surface area contributed by atoms with Crippen molar-refractivity contribution in [1.29, 1.82) is 0 Å². The summed E-state index contributed by atoms with van der Waals surface area (Å²) in [7, 11) is 3.21. The van der Waals surface area contributed by atoms with Gasteiger partial charge in [0.15, 0.2) is 17.3 Å². The van der Waals surface area contributed by atoms with Crippen LogP contribution in [0.5, 0.6) is 11.5 Å². The molecule has 0 bridgehead atoms. The van der Waals surface area contributed by atoms with Crippen LogP contribution in [-0.4, -0.2) is 34.0 Å². The SMILES string of the molecule is COc1ccc(-c2nnc3sc(Cc4ccc(Cl)cc4)nn23)cc1OC. The largest absolute Gasteiger partial charge is 0.493 e. The van der Waals surface area contributed by atoms with Crippen LogP contribution in [0.3, 0.4) is 0 Å². The van der Waals surface area contributed by atoms with Crippen molar-refractivity contribution >= 4 is 27.9 Å². The summed E-state index contributed by atoms with van der Waals surface area (Å²) in [5.74, 6) is 1.97. The van der Waals surface area contributed by atoms with Gasteiger partial charge < -0.3 is 9.47 Å². The number of methoxy groups -OCH3 is 2. The van der Waals surface area contributed by atoms with Crippen molar-refractivity contribution in [3.63, 3.8) is 0 Å². The molecule has 0 fully saturated rings. The van der Waals surface area contributed by atoms with Crippen LogP contribution in [0.15, 0.2) is 42.5 Å². The van der Waals surface area contributed by atoms with Crippen molar-refractivity contribution in [2.24, 2.45) is 0 Å². The molecule has 0 atom stereocenters. The molecular formula is C18H15ClN4O2S. The quantitative estimate of drug-likeness (QED) is 0.516. The molecule has 2 aromatic heterocycles. The van der Waals surface area contributed by atoms with Crippen LogP contribution in [0.4, 0.5) is 0 Å². The van der Waals surface area contributed by atoms with E-state index in [2.05, 4.69) is 15.3 Å². The molecular weight excluding hydrogens is 372 g/mol. The van der Waals surface area contributed by atoms with Crippen molar-refractivity contribution in [3.05, 3.63) is 58.1 Å². The number of hydrogen-bond acceptors (Lipinski definition) is 6. The van der Waals surface area contributed by atoms with Crippen LogP contribution in [0, 0.1) is 0 Å². The Bertz CT molecular complexity index is 1060. The van der Waals surface area contributed by atoms with E-state index in [4.69, 9.17) is 21.1 Å². The molecule has 8 heteroatoms. The van der Waals surface area contributed by atoms with Crippen LogP contribution in [-0.2, 0) is 6.42 Å². The zero-order valence-corrected chi connectivity index (χ0v) is 15.7. The number of fused-ring (bicyclic) bond motifs is 1. The van der Waals surface area contributed by atoms with E-state index in [0.717, 1.165) is 32.5 Å². The second-order valence-electron chi connectivity index (χ2n) is 5.59. The van der Waals surface area contributed by atoms with Gasteiger partial charge in [0.2, 0.25) is 4.96 Å². The van der Waals surface area contributed by atoms with Gasteiger partial charge in [-0.25, -0.2) is 0 Å². The zero-order chi connectivity index (χ0) is 18.1. The molecule has 0 aliphatic rings. The van der Waals surface area contributed by atoms with Gasteiger partial charge in [-0.3, -0.25) is 0 Å². The smallest absolute Gasteiger partial charge is 0.234 e. The van der Waals surface area contributed by atoms with Gasteiger partial charge in [0, 0.05) is 17.0 Å². The first-order valence-corrected chi connectivity index (χ1v) is 9.05. The molecule has 0 aliphatic carbocycles. The highest BCUT2D eigenvalue weighted by Crippen LogP contribution is 2.32. The van der Waals surface area contributed by atoms with Gasteiger partial charge in [-0.15, -0.1) is 10.2 Å².